The number of hydrogen-bond acceptors (Lipinski definition) is 7. The minimum absolute atomic E-state index is 0.0734. The Bertz CT molecular complexity index is 2720. The number of imidazole rings is 2. The Balaban J connectivity index is 0.760. The van der Waals surface area contributed by atoms with Crippen LogP contribution in [-0.2, 0) is 14.3 Å². The van der Waals surface area contributed by atoms with E-state index >= 15 is 0 Å². The van der Waals surface area contributed by atoms with Crippen molar-refractivity contribution in [2.24, 2.45) is 11.8 Å². The van der Waals surface area contributed by atoms with Gasteiger partial charge in [-0.3, -0.25) is 9.59 Å². The van der Waals surface area contributed by atoms with Gasteiger partial charge in [0, 0.05) is 23.8 Å². The Kier molecular flexibility index (Phi) is 10.4. The van der Waals surface area contributed by atoms with Crippen LogP contribution in [0.2, 0.25) is 0 Å². The van der Waals surface area contributed by atoms with Crippen molar-refractivity contribution in [2.75, 3.05) is 0 Å². The topological polar surface area (TPSA) is 186 Å². The monoisotopic (exact) mass is 870 g/mol. The average molecular weight is 871 g/mol. The van der Waals surface area contributed by atoms with Crippen LogP contribution in [0.25, 0.3) is 33.6 Å². The number of hydrogen-bond donors (Lipinski definition) is 5. The first-order valence-corrected chi connectivity index (χ1v) is 22.8. The number of amides is 4. The Morgan fingerprint density at radius 2 is 1.17 bits per heavy atom. The molecule has 11 rings (SSSR count). The molecule has 2 saturated heterocycles. The van der Waals surface area contributed by atoms with Crippen LogP contribution in [0.15, 0.2) is 122 Å². The molecule has 4 aromatic carbocycles. The van der Waals surface area contributed by atoms with Crippen LogP contribution in [0.4, 0.5) is 9.59 Å². The van der Waals surface area contributed by atoms with Gasteiger partial charge in [-0.25, -0.2) is 19.6 Å². The molecule has 6 aromatic rings. The Morgan fingerprint density at radius 3 is 1.74 bits per heavy atom. The van der Waals surface area contributed by atoms with Gasteiger partial charge in [0.2, 0.25) is 0 Å². The van der Waals surface area contributed by atoms with Crippen molar-refractivity contribution in [1.82, 2.24) is 40.4 Å². The Morgan fingerprint density at radius 1 is 0.646 bits per heavy atom. The van der Waals surface area contributed by atoms with E-state index in [4.69, 9.17) is 14.7 Å². The second-order valence-electron chi connectivity index (χ2n) is 18.2. The van der Waals surface area contributed by atoms with Crippen molar-refractivity contribution in [2.45, 2.75) is 93.7 Å². The van der Waals surface area contributed by atoms with Gasteiger partial charge in [0.25, 0.3) is 11.8 Å². The van der Waals surface area contributed by atoms with Crippen LogP contribution < -0.4 is 10.6 Å². The van der Waals surface area contributed by atoms with E-state index in [1.54, 1.807) is 24.3 Å². The molecular formula is C51H50N8O6. The second kappa shape index (κ2) is 16.7. The highest BCUT2D eigenvalue weighted by molar-refractivity contribution is 5.89. The lowest BCUT2D eigenvalue weighted by molar-refractivity contribution is -0.136. The molecule has 4 amide bonds. The highest BCUT2D eigenvalue weighted by Gasteiger charge is 2.57. The van der Waals surface area contributed by atoms with E-state index < -0.39 is 24.3 Å². The summed E-state index contributed by atoms with van der Waals surface area (Å²) in [5.41, 5.74) is 6.94. The molecule has 330 valence electrons. The number of nitrogens with one attached hydrogen (secondary N) is 4. The number of aromatic nitrogens is 4. The van der Waals surface area contributed by atoms with Crippen LogP contribution in [0.3, 0.4) is 0 Å². The van der Waals surface area contributed by atoms with E-state index in [9.17, 15) is 24.3 Å². The smallest absolute Gasteiger partial charge is 0.408 e. The van der Waals surface area contributed by atoms with E-state index in [0.717, 1.165) is 96.4 Å². The third-order valence-corrected chi connectivity index (χ3v) is 14.1. The fraction of sp³-hybridized carbons (Fsp3) is 0.333. The Labute approximate surface area is 375 Å². The molecule has 3 aliphatic carbocycles. The number of ether oxygens (including phenoxy) is 1. The molecule has 0 unspecified atom stereocenters. The summed E-state index contributed by atoms with van der Waals surface area (Å²) in [6.45, 7) is 0. The van der Waals surface area contributed by atoms with Crippen molar-refractivity contribution in [1.29, 1.82) is 0 Å². The largest absolute Gasteiger partial charge is 0.465 e. The van der Waals surface area contributed by atoms with Gasteiger partial charge < -0.3 is 40.2 Å². The standard InChI is InChI=1S/C51H50N8O6/c60-48(44(56-50(62)63)33-9-3-1-4-10-33)58-40-23-35(40)25-42(58)46-52-27-38(54-46)31-19-15-29(16-20-31)30-17-21-32(22-18-30)39-28-53-47(55-39)43-26-36-24-41(36)59(43)49(61)45(34-11-5-2-6-12-34)57-51(64)65-37-13-7-8-14-37/h1-6,9-12,15-22,27-28,35-37,40-45,56H,7-8,13-14,23-26H2,(H,52,54)(H,53,55)(H,57,64)(H,62,63)/t35-,36-,40-,41-,42+,43+,44-,45-/m1/s1. The van der Waals surface area contributed by atoms with Crippen molar-refractivity contribution >= 4 is 24.0 Å². The first kappa shape index (κ1) is 40.5. The first-order valence-electron chi connectivity index (χ1n) is 22.8. The summed E-state index contributed by atoms with van der Waals surface area (Å²) >= 11 is 0. The number of H-pyrrole nitrogens is 2. The molecule has 4 heterocycles. The third kappa shape index (κ3) is 8.02. The number of nitrogens with zero attached hydrogens (tertiary/aromatic N) is 4. The van der Waals surface area contributed by atoms with Crippen molar-refractivity contribution < 1.29 is 29.0 Å². The molecule has 5 aliphatic rings. The quantitative estimate of drug-likeness (QED) is 0.0807. The highest BCUT2D eigenvalue weighted by atomic mass is 16.6. The van der Waals surface area contributed by atoms with Gasteiger partial charge in [0.1, 0.15) is 29.8 Å². The number of benzene rings is 4. The highest BCUT2D eigenvalue weighted by Crippen LogP contribution is 2.55. The van der Waals surface area contributed by atoms with Gasteiger partial charge in [-0.05, 0) is 91.0 Å². The molecule has 3 saturated carbocycles. The van der Waals surface area contributed by atoms with Gasteiger partial charge in [-0.1, -0.05) is 109 Å². The summed E-state index contributed by atoms with van der Waals surface area (Å²) in [5.74, 6) is 1.79. The summed E-state index contributed by atoms with van der Waals surface area (Å²) < 4.78 is 5.72. The number of piperidine rings is 2. The molecular weight excluding hydrogens is 821 g/mol. The van der Waals surface area contributed by atoms with E-state index in [2.05, 4.69) is 57.0 Å². The Hall–Kier alpha value is -7.22. The second-order valence-corrected chi connectivity index (χ2v) is 18.2. The van der Waals surface area contributed by atoms with Crippen LogP contribution in [-0.4, -0.2) is 77.0 Å². The normalized spacial score (nSPS) is 23.9. The zero-order chi connectivity index (χ0) is 44.2. The SMILES string of the molecule is O=C(O)N[C@@H](C(=O)N1[C@@H]2C[C@@H]2C[C@H]1c1nc(-c2ccc(-c3ccc(-c4cnc([C@@H]5C[C@H]6C[C@H]6N5C(=O)[C@H](NC(=O)OC5CCCC5)c5ccccc5)[nH]4)cc3)cc2)c[nH]1)c1ccccc1. The van der Waals surface area contributed by atoms with Gasteiger partial charge in [0.05, 0.1) is 29.7 Å². The molecule has 8 atom stereocenters. The number of likely N-dealkylation sites (tertiary alicyclic amines) is 2. The number of carbonyl (C=O) groups is 4. The lowest BCUT2D eigenvalue weighted by atomic mass is 10.0. The number of aromatic amines is 2. The summed E-state index contributed by atoms with van der Waals surface area (Å²) in [6.07, 6.45) is 9.01. The lowest BCUT2D eigenvalue weighted by Gasteiger charge is -2.31. The van der Waals surface area contributed by atoms with E-state index in [1.165, 1.54) is 0 Å². The van der Waals surface area contributed by atoms with E-state index in [-0.39, 0.29) is 42.1 Å². The third-order valence-electron chi connectivity index (χ3n) is 14.1. The number of carboxylic acid groups (broad SMARTS) is 1. The first-order chi connectivity index (χ1) is 31.8. The molecule has 2 aromatic heterocycles. The summed E-state index contributed by atoms with van der Waals surface area (Å²) in [7, 11) is 0. The molecule has 0 bridgehead atoms. The molecule has 65 heavy (non-hydrogen) atoms. The minimum atomic E-state index is -1.25. The lowest BCUT2D eigenvalue weighted by Crippen LogP contribution is -2.44. The molecule has 5 N–H and O–H groups in total. The summed E-state index contributed by atoms with van der Waals surface area (Å²) in [5, 5.41) is 15.0. The van der Waals surface area contributed by atoms with Crippen molar-refractivity contribution in [3.63, 3.8) is 0 Å². The fourth-order valence-corrected chi connectivity index (χ4v) is 10.6. The number of rotatable bonds is 12. The summed E-state index contributed by atoms with van der Waals surface area (Å²) in [4.78, 5) is 73.7. The zero-order valence-corrected chi connectivity index (χ0v) is 35.7. The van der Waals surface area contributed by atoms with Crippen LogP contribution in [0.5, 0.6) is 0 Å². The van der Waals surface area contributed by atoms with Gasteiger partial charge in [-0.15, -0.1) is 0 Å². The van der Waals surface area contributed by atoms with Crippen LogP contribution >= 0.6 is 0 Å². The summed E-state index contributed by atoms with van der Waals surface area (Å²) in [6, 6.07) is 32.7. The molecule has 0 radical (unpaired) electrons. The van der Waals surface area contributed by atoms with Crippen LogP contribution in [0.1, 0.15) is 98.3 Å². The fourth-order valence-electron chi connectivity index (χ4n) is 10.6. The van der Waals surface area contributed by atoms with Crippen molar-refractivity contribution in [3.05, 3.63) is 144 Å². The zero-order valence-electron chi connectivity index (χ0n) is 35.7. The average Bonchev–Trinajstić information content (AvgIpc) is 3.78. The molecule has 2 aliphatic heterocycles. The molecule has 14 nitrogen and oxygen atoms in total. The molecule has 5 fully saturated rings. The minimum Gasteiger partial charge on any atom is -0.465 e. The number of carbonyl (C=O) groups excluding carboxylic acids is 3. The maximum absolute atomic E-state index is 14.5. The molecule has 14 heteroatoms. The van der Waals surface area contributed by atoms with E-state index in [0.29, 0.717) is 23.2 Å². The van der Waals surface area contributed by atoms with Gasteiger partial charge >= 0.3 is 12.2 Å². The maximum Gasteiger partial charge on any atom is 0.408 e. The number of fused-ring (bicyclic) bond motifs is 2. The predicted molar refractivity (Wildman–Crippen MR) is 241 cm³/mol. The van der Waals surface area contributed by atoms with Crippen LogP contribution in [0, 0.1) is 11.8 Å². The molecule has 0 spiro atoms. The predicted octanol–water partition coefficient (Wildman–Crippen LogP) is 8.88. The maximum atomic E-state index is 14.5. The van der Waals surface area contributed by atoms with Crippen molar-refractivity contribution in [3.8, 4) is 33.6 Å². The van der Waals surface area contributed by atoms with Gasteiger partial charge in [0.15, 0.2) is 0 Å². The van der Waals surface area contributed by atoms with Gasteiger partial charge in [-0.2, -0.15) is 0 Å². The van der Waals surface area contributed by atoms with E-state index in [1.807, 2.05) is 70.7 Å². The number of alkyl carbamates (subject to hydrolysis) is 1.